The molecule has 3 aliphatic rings. The van der Waals surface area contributed by atoms with Crippen LogP contribution in [0, 0.1) is 11.8 Å². The van der Waals surface area contributed by atoms with E-state index in [-0.39, 0.29) is 24.7 Å². The normalized spacial score (nSPS) is 25.3. The molecule has 0 aromatic heterocycles. The van der Waals surface area contributed by atoms with Crippen molar-refractivity contribution in [2.45, 2.75) is 24.9 Å². The van der Waals surface area contributed by atoms with Crippen molar-refractivity contribution in [1.29, 1.82) is 0 Å². The molecule has 4 atom stereocenters. The van der Waals surface area contributed by atoms with Gasteiger partial charge in [-0.1, -0.05) is 12.2 Å². The first-order chi connectivity index (χ1) is 15.6. The molecule has 6 nitrogen and oxygen atoms in total. The van der Waals surface area contributed by atoms with Gasteiger partial charge in [-0.2, -0.15) is 0 Å². The van der Waals surface area contributed by atoms with Gasteiger partial charge in [0, 0.05) is 12.2 Å². The number of ether oxygens (including phenoxy) is 5. The maximum atomic E-state index is 6.25. The third-order valence-corrected chi connectivity index (χ3v) is 7.35. The molecule has 170 valence electrons. The SMILES string of the molecule is C=C1CC[C@H]2[C@H]1[C@@H](c1cc(OC)c(OC)c(OC)c1)c1cc3c(cc1[C@H]2OSC)OCO3. The van der Waals surface area contributed by atoms with Gasteiger partial charge in [0.15, 0.2) is 23.0 Å². The number of methoxy groups -OCH3 is 3. The van der Waals surface area contributed by atoms with Crippen LogP contribution in [0.5, 0.6) is 28.7 Å². The Hall–Kier alpha value is -2.51. The van der Waals surface area contributed by atoms with Crippen LogP contribution in [0.4, 0.5) is 0 Å². The van der Waals surface area contributed by atoms with Crippen LogP contribution in [-0.4, -0.2) is 34.4 Å². The Bertz CT molecular complexity index is 1030. The fraction of sp³-hybridized carbons (Fsp3) is 0.440. The molecule has 0 radical (unpaired) electrons. The minimum absolute atomic E-state index is 0.0305. The van der Waals surface area contributed by atoms with E-state index in [1.165, 1.54) is 23.2 Å². The van der Waals surface area contributed by atoms with Crippen molar-refractivity contribution in [3.63, 3.8) is 0 Å². The van der Waals surface area contributed by atoms with Crippen molar-refractivity contribution in [3.8, 4) is 28.7 Å². The summed E-state index contributed by atoms with van der Waals surface area (Å²) >= 11 is 1.41. The van der Waals surface area contributed by atoms with E-state index in [9.17, 15) is 0 Å². The van der Waals surface area contributed by atoms with Crippen LogP contribution in [0.3, 0.4) is 0 Å². The second kappa shape index (κ2) is 8.45. The third kappa shape index (κ3) is 3.21. The van der Waals surface area contributed by atoms with Gasteiger partial charge in [-0.15, -0.1) is 0 Å². The smallest absolute Gasteiger partial charge is 0.231 e. The Morgan fingerprint density at radius 3 is 2.19 bits per heavy atom. The Kier molecular flexibility index (Phi) is 5.63. The van der Waals surface area contributed by atoms with E-state index < -0.39 is 0 Å². The van der Waals surface area contributed by atoms with E-state index in [2.05, 4.69) is 30.8 Å². The zero-order valence-electron chi connectivity index (χ0n) is 18.8. The molecular formula is C25H28O6S. The largest absolute Gasteiger partial charge is 0.493 e. The molecule has 0 spiro atoms. The van der Waals surface area contributed by atoms with Crippen LogP contribution in [0.25, 0.3) is 0 Å². The minimum atomic E-state index is -0.0305. The van der Waals surface area contributed by atoms with Crippen molar-refractivity contribution in [2.24, 2.45) is 11.8 Å². The minimum Gasteiger partial charge on any atom is -0.493 e. The highest BCUT2D eigenvalue weighted by Crippen LogP contribution is 2.60. The van der Waals surface area contributed by atoms with Crippen LogP contribution in [0.2, 0.25) is 0 Å². The molecule has 2 aliphatic carbocycles. The zero-order valence-corrected chi connectivity index (χ0v) is 19.6. The quantitative estimate of drug-likeness (QED) is 0.420. The number of fused-ring (bicyclic) bond motifs is 3. The monoisotopic (exact) mass is 456 g/mol. The topological polar surface area (TPSA) is 55.4 Å². The number of hydrogen-bond donors (Lipinski definition) is 0. The summed E-state index contributed by atoms with van der Waals surface area (Å²) in [4.78, 5) is 0. The standard InChI is InChI=1S/C25H28O6S/c1-13-6-7-15-22(13)23(14-8-20(26-2)25(28-4)21(9-14)27-3)16-10-18-19(30-12-29-18)11-17(16)24(15)31-32-5/h8-11,15,22-24H,1,6-7,12H2,2-5H3/t15-,22-,23-,24-/m0/s1. The van der Waals surface area contributed by atoms with Gasteiger partial charge in [-0.3, -0.25) is 0 Å². The van der Waals surface area contributed by atoms with Crippen LogP contribution in [0.15, 0.2) is 36.4 Å². The average molecular weight is 457 g/mol. The first-order valence-corrected chi connectivity index (χ1v) is 11.9. The van der Waals surface area contributed by atoms with Crippen LogP contribution in [-0.2, 0) is 4.18 Å². The Labute approximate surface area is 193 Å². The summed E-state index contributed by atoms with van der Waals surface area (Å²) in [6.07, 6.45) is 3.97. The van der Waals surface area contributed by atoms with Crippen LogP contribution >= 0.6 is 12.0 Å². The van der Waals surface area contributed by atoms with Crippen LogP contribution < -0.4 is 23.7 Å². The van der Waals surface area contributed by atoms with Crippen molar-refractivity contribution >= 4 is 12.0 Å². The molecule has 2 aromatic rings. The van der Waals surface area contributed by atoms with Crippen molar-refractivity contribution in [1.82, 2.24) is 0 Å². The molecule has 0 amide bonds. The fourth-order valence-electron chi connectivity index (χ4n) is 5.63. The van der Waals surface area contributed by atoms with Gasteiger partial charge in [0.1, 0.15) is 6.10 Å². The average Bonchev–Trinajstić information content (AvgIpc) is 3.43. The molecule has 1 fully saturated rings. The summed E-state index contributed by atoms with van der Waals surface area (Å²) in [6, 6.07) is 8.32. The third-order valence-electron chi connectivity index (χ3n) is 6.95. The van der Waals surface area contributed by atoms with E-state index in [4.69, 9.17) is 27.9 Å². The number of rotatable bonds is 6. The lowest BCUT2D eigenvalue weighted by Gasteiger charge is -2.41. The number of allylic oxidation sites excluding steroid dienone is 1. The van der Waals surface area contributed by atoms with Gasteiger partial charge >= 0.3 is 0 Å². The highest BCUT2D eigenvalue weighted by atomic mass is 32.2. The lowest BCUT2D eigenvalue weighted by Crippen LogP contribution is -2.31. The van der Waals surface area contributed by atoms with Gasteiger partial charge in [0.25, 0.3) is 0 Å². The molecule has 32 heavy (non-hydrogen) atoms. The van der Waals surface area contributed by atoms with E-state index in [1.807, 2.05) is 6.26 Å². The first-order valence-electron chi connectivity index (χ1n) is 10.7. The molecule has 1 aliphatic heterocycles. The van der Waals surface area contributed by atoms with Gasteiger partial charge in [0.05, 0.1) is 21.3 Å². The Balaban J connectivity index is 1.74. The predicted octanol–water partition coefficient (Wildman–Crippen LogP) is 5.50. The maximum Gasteiger partial charge on any atom is 0.231 e. The van der Waals surface area contributed by atoms with Crippen LogP contribution in [0.1, 0.15) is 41.6 Å². The molecule has 0 N–H and O–H groups in total. The Morgan fingerprint density at radius 1 is 0.938 bits per heavy atom. The lowest BCUT2D eigenvalue weighted by molar-refractivity contribution is 0.120. The molecule has 0 unspecified atom stereocenters. The second-order valence-corrected chi connectivity index (χ2v) is 8.87. The summed E-state index contributed by atoms with van der Waals surface area (Å²) in [5.41, 5.74) is 4.68. The first kappa shape index (κ1) is 21.3. The van der Waals surface area contributed by atoms with E-state index in [0.29, 0.717) is 23.2 Å². The van der Waals surface area contributed by atoms with E-state index >= 15 is 0 Å². The predicted molar refractivity (Wildman–Crippen MR) is 123 cm³/mol. The zero-order chi connectivity index (χ0) is 22.4. The maximum absolute atomic E-state index is 6.25. The lowest BCUT2D eigenvalue weighted by atomic mass is 9.65. The summed E-state index contributed by atoms with van der Waals surface area (Å²) in [6.45, 7) is 4.70. The molecule has 0 bridgehead atoms. The van der Waals surface area contributed by atoms with Gasteiger partial charge < -0.3 is 27.9 Å². The van der Waals surface area contributed by atoms with E-state index in [1.54, 1.807) is 21.3 Å². The van der Waals surface area contributed by atoms with Gasteiger partial charge in [0.2, 0.25) is 12.5 Å². The summed E-state index contributed by atoms with van der Waals surface area (Å²) in [5, 5.41) is 0. The molecule has 1 saturated carbocycles. The van der Waals surface area contributed by atoms with Gasteiger partial charge in [-0.25, -0.2) is 0 Å². The molecule has 0 saturated heterocycles. The highest BCUT2D eigenvalue weighted by Gasteiger charge is 2.49. The van der Waals surface area contributed by atoms with Crippen molar-refractivity contribution in [2.75, 3.05) is 34.4 Å². The fourth-order valence-corrected chi connectivity index (χ4v) is 6.09. The molecular weight excluding hydrogens is 428 g/mol. The molecule has 5 rings (SSSR count). The molecule has 2 aromatic carbocycles. The highest BCUT2D eigenvalue weighted by molar-refractivity contribution is 7.93. The number of hydrogen-bond acceptors (Lipinski definition) is 7. The number of benzene rings is 2. The summed E-state index contributed by atoms with van der Waals surface area (Å²) < 4.78 is 34.6. The second-order valence-electron chi connectivity index (χ2n) is 8.34. The summed E-state index contributed by atoms with van der Waals surface area (Å²) in [7, 11) is 4.91. The van der Waals surface area contributed by atoms with E-state index in [0.717, 1.165) is 35.5 Å². The van der Waals surface area contributed by atoms with Crippen molar-refractivity contribution < 1.29 is 27.9 Å². The Morgan fingerprint density at radius 2 is 1.59 bits per heavy atom. The molecule has 1 heterocycles. The van der Waals surface area contributed by atoms with Gasteiger partial charge in [-0.05, 0) is 77.7 Å². The summed E-state index contributed by atoms with van der Waals surface area (Å²) in [5.74, 6) is 4.05. The van der Waals surface area contributed by atoms with Crippen molar-refractivity contribution in [3.05, 3.63) is 53.1 Å². The molecule has 7 heteroatoms.